The summed E-state index contributed by atoms with van der Waals surface area (Å²) in [4.78, 5) is 0. The standard InChI is InChI=1S/C17H25N3O/c1-6-20-13(4)16(11-19-20)14-7-8-17(21-5)15(9-14)10-18-12(2)3/h7-9,11-12,18H,6,10H2,1-5H3. The van der Waals surface area contributed by atoms with E-state index in [9.17, 15) is 0 Å². The first-order valence-electron chi connectivity index (χ1n) is 7.49. The number of benzene rings is 1. The van der Waals surface area contributed by atoms with Gasteiger partial charge in [0, 0.05) is 36.0 Å². The number of methoxy groups -OCH3 is 1. The second kappa shape index (κ2) is 6.76. The lowest BCUT2D eigenvalue weighted by Crippen LogP contribution is -2.22. The zero-order valence-electron chi connectivity index (χ0n) is 13.6. The van der Waals surface area contributed by atoms with Gasteiger partial charge in [0.1, 0.15) is 5.75 Å². The first-order chi connectivity index (χ1) is 10.1. The highest BCUT2D eigenvalue weighted by Crippen LogP contribution is 2.28. The Hall–Kier alpha value is -1.81. The molecule has 1 aromatic carbocycles. The van der Waals surface area contributed by atoms with Gasteiger partial charge in [-0.2, -0.15) is 5.10 Å². The predicted octanol–water partition coefficient (Wildman–Crippen LogP) is 3.39. The van der Waals surface area contributed by atoms with E-state index in [1.165, 1.54) is 22.4 Å². The molecule has 0 saturated heterocycles. The molecule has 0 radical (unpaired) electrons. The topological polar surface area (TPSA) is 39.1 Å². The van der Waals surface area contributed by atoms with E-state index in [0.717, 1.165) is 18.8 Å². The minimum absolute atomic E-state index is 0.447. The number of rotatable bonds is 6. The normalized spacial score (nSPS) is 11.1. The number of ether oxygens (including phenoxy) is 1. The molecule has 1 heterocycles. The first kappa shape index (κ1) is 15.6. The van der Waals surface area contributed by atoms with E-state index in [4.69, 9.17) is 4.74 Å². The molecule has 4 nitrogen and oxygen atoms in total. The van der Waals surface area contributed by atoms with Gasteiger partial charge in [0.05, 0.1) is 13.3 Å². The van der Waals surface area contributed by atoms with Crippen LogP contribution in [0.25, 0.3) is 11.1 Å². The largest absolute Gasteiger partial charge is 0.496 e. The zero-order chi connectivity index (χ0) is 15.4. The third-order valence-corrected chi connectivity index (χ3v) is 3.69. The van der Waals surface area contributed by atoms with E-state index >= 15 is 0 Å². The van der Waals surface area contributed by atoms with Crippen LogP contribution in [-0.4, -0.2) is 22.9 Å². The molecule has 0 amide bonds. The lowest BCUT2D eigenvalue weighted by atomic mass is 10.0. The van der Waals surface area contributed by atoms with Gasteiger partial charge in [-0.15, -0.1) is 0 Å². The summed E-state index contributed by atoms with van der Waals surface area (Å²) in [5.41, 5.74) is 4.75. The fourth-order valence-electron chi connectivity index (χ4n) is 2.45. The van der Waals surface area contributed by atoms with Crippen LogP contribution in [0.15, 0.2) is 24.4 Å². The van der Waals surface area contributed by atoms with Crippen LogP contribution >= 0.6 is 0 Å². The molecule has 0 atom stereocenters. The molecule has 2 aromatic rings. The van der Waals surface area contributed by atoms with Crippen LogP contribution in [0.4, 0.5) is 0 Å². The van der Waals surface area contributed by atoms with E-state index in [1.807, 2.05) is 16.9 Å². The minimum Gasteiger partial charge on any atom is -0.496 e. The third-order valence-electron chi connectivity index (χ3n) is 3.69. The quantitative estimate of drug-likeness (QED) is 0.885. The molecule has 0 aliphatic carbocycles. The maximum absolute atomic E-state index is 5.46. The van der Waals surface area contributed by atoms with Crippen molar-refractivity contribution < 1.29 is 4.74 Å². The highest BCUT2D eigenvalue weighted by atomic mass is 16.5. The van der Waals surface area contributed by atoms with Gasteiger partial charge in [0.15, 0.2) is 0 Å². The number of aryl methyl sites for hydroxylation is 1. The number of hydrogen-bond donors (Lipinski definition) is 1. The lowest BCUT2D eigenvalue weighted by Gasteiger charge is -2.13. The average molecular weight is 287 g/mol. The number of aromatic nitrogens is 2. The summed E-state index contributed by atoms with van der Waals surface area (Å²) in [5, 5.41) is 7.87. The Morgan fingerprint density at radius 3 is 2.67 bits per heavy atom. The van der Waals surface area contributed by atoms with E-state index in [2.05, 4.69) is 50.2 Å². The Morgan fingerprint density at radius 2 is 2.10 bits per heavy atom. The van der Waals surface area contributed by atoms with Gasteiger partial charge in [0.25, 0.3) is 0 Å². The summed E-state index contributed by atoms with van der Waals surface area (Å²) in [6.07, 6.45) is 1.94. The van der Waals surface area contributed by atoms with Crippen LogP contribution in [0.2, 0.25) is 0 Å². The van der Waals surface area contributed by atoms with Gasteiger partial charge in [-0.1, -0.05) is 19.9 Å². The van der Waals surface area contributed by atoms with Gasteiger partial charge in [0.2, 0.25) is 0 Å². The summed E-state index contributed by atoms with van der Waals surface area (Å²) in [5.74, 6) is 0.924. The van der Waals surface area contributed by atoms with E-state index in [0.29, 0.717) is 6.04 Å². The van der Waals surface area contributed by atoms with E-state index < -0.39 is 0 Å². The van der Waals surface area contributed by atoms with E-state index in [1.54, 1.807) is 7.11 Å². The summed E-state index contributed by atoms with van der Waals surface area (Å²) >= 11 is 0. The summed E-state index contributed by atoms with van der Waals surface area (Å²) in [6, 6.07) is 6.78. The molecule has 114 valence electrons. The van der Waals surface area contributed by atoms with Crippen LogP contribution in [0.5, 0.6) is 5.75 Å². The highest BCUT2D eigenvalue weighted by molar-refractivity contribution is 5.67. The van der Waals surface area contributed by atoms with Crippen molar-refractivity contribution in [3.8, 4) is 16.9 Å². The molecule has 0 unspecified atom stereocenters. The van der Waals surface area contributed by atoms with Crippen LogP contribution in [0, 0.1) is 6.92 Å². The predicted molar refractivity (Wildman–Crippen MR) is 86.6 cm³/mol. The maximum Gasteiger partial charge on any atom is 0.123 e. The Bertz CT molecular complexity index is 602. The van der Waals surface area contributed by atoms with Gasteiger partial charge >= 0.3 is 0 Å². The molecule has 0 aliphatic rings. The summed E-state index contributed by atoms with van der Waals surface area (Å²) in [7, 11) is 1.72. The molecule has 2 rings (SSSR count). The van der Waals surface area contributed by atoms with E-state index in [-0.39, 0.29) is 0 Å². The first-order valence-corrected chi connectivity index (χ1v) is 7.49. The Morgan fingerprint density at radius 1 is 1.33 bits per heavy atom. The second-order valence-electron chi connectivity index (χ2n) is 5.52. The maximum atomic E-state index is 5.46. The van der Waals surface area contributed by atoms with Gasteiger partial charge < -0.3 is 10.1 Å². The molecule has 0 fully saturated rings. The minimum atomic E-state index is 0.447. The van der Waals surface area contributed by atoms with Crippen molar-refractivity contribution in [1.29, 1.82) is 0 Å². The van der Waals surface area contributed by atoms with Crippen LogP contribution in [0.3, 0.4) is 0 Å². The van der Waals surface area contributed by atoms with Crippen LogP contribution in [-0.2, 0) is 13.1 Å². The smallest absolute Gasteiger partial charge is 0.123 e. The molecule has 0 bridgehead atoms. The average Bonchev–Trinajstić information content (AvgIpc) is 2.85. The summed E-state index contributed by atoms with van der Waals surface area (Å²) in [6.45, 7) is 10.2. The van der Waals surface area contributed by atoms with Gasteiger partial charge in [-0.3, -0.25) is 4.68 Å². The van der Waals surface area contributed by atoms with Crippen molar-refractivity contribution in [3.05, 3.63) is 35.7 Å². The molecular weight excluding hydrogens is 262 g/mol. The number of hydrogen-bond acceptors (Lipinski definition) is 3. The Kier molecular flexibility index (Phi) is 5.02. The Balaban J connectivity index is 2.36. The number of nitrogens with one attached hydrogen (secondary N) is 1. The molecule has 1 aromatic heterocycles. The number of nitrogens with zero attached hydrogens (tertiary/aromatic N) is 2. The van der Waals surface area contributed by atoms with Crippen molar-refractivity contribution in [3.63, 3.8) is 0 Å². The lowest BCUT2D eigenvalue weighted by molar-refractivity contribution is 0.406. The molecule has 0 spiro atoms. The van der Waals surface area contributed by atoms with Gasteiger partial charge in [-0.05, 0) is 31.5 Å². The molecule has 0 saturated carbocycles. The van der Waals surface area contributed by atoms with Crippen molar-refractivity contribution in [2.75, 3.05) is 7.11 Å². The fourth-order valence-corrected chi connectivity index (χ4v) is 2.45. The molecule has 1 N–H and O–H groups in total. The van der Waals surface area contributed by atoms with Crippen LogP contribution in [0.1, 0.15) is 32.0 Å². The SMILES string of the molecule is CCn1ncc(-c2ccc(OC)c(CNC(C)C)c2)c1C. The van der Waals surface area contributed by atoms with Crippen molar-refractivity contribution >= 4 is 0 Å². The molecule has 21 heavy (non-hydrogen) atoms. The summed E-state index contributed by atoms with van der Waals surface area (Å²) < 4.78 is 7.48. The monoisotopic (exact) mass is 287 g/mol. The zero-order valence-corrected chi connectivity index (χ0v) is 13.6. The van der Waals surface area contributed by atoms with Crippen molar-refractivity contribution in [2.24, 2.45) is 0 Å². The molecule has 0 aliphatic heterocycles. The molecular formula is C17H25N3O. The Labute approximate surface area is 127 Å². The van der Waals surface area contributed by atoms with Crippen molar-refractivity contribution in [1.82, 2.24) is 15.1 Å². The molecule has 4 heteroatoms. The highest BCUT2D eigenvalue weighted by Gasteiger charge is 2.11. The fraction of sp³-hybridized carbons (Fsp3) is 0.471. The third kappa shape index (κ3) is 3.45. The van der Waals surface area contributed by atoms with Gasteiger partial charge in [-0.25, -0.2) is 0 Å². The second-order valence-corrected chi connectivity index (χ2v) is 5.52. The van der Waals surface area contributed by atoms with Crippen LogP contribution < -0.4 is 10.1 Å². The van der Waals surface area contributed by atoms with Crippen molar-refractivity contribution in [2.45, 2.75) is 46.8 Å².